The van der Waals surface area contributed by atoms with Crippen molar-refractivity contribution in [2.45, 2.75) is 68.3 Å². The summed E-state index contributed by atoms with van der Waals surface area (Å²) in [5.74, 6) is 2.40. The maximum atomic E-state index is 11.6. The van der Waals surface area contributed by atoms with Crippen molar-refractivity contribution in [3.63, 3.8) is 0 Å². The van der Waals surface area contributed by atoms with E-state index in [1.807, 2.05) is 37.3 Å². The van der Waals surface area contributed by atoms with E-state index in [-0.39, 0.29) is 11.3 Å². The Bertz CT molecular complexity index is 1070. The van der Waals surface area contributed by atoms with Crippen LogP contribution in [0.2, 0.25) is 0 Å². The van der Waals surface area contributed by atoms with Crippen LogP contribution in [0.1, 0.15) is 64.4 Å². The van der Waals surface area contributed by atoms with E-state index in [1.165, 1.54) is 11.8 Å². The van der Waals surface area contributed by atoms with Gasteiger partial charge < -0.3 is 10.6 Å². The molecule has 3 aromatic rings. The molecule has 1 aliphatic rings. The molecule has 8 nitrogen and oxygen atoms in total. The fraction of sp³-hybridized carbons (Fsp3) is 0.409. The minimum absolute atomic E-state index is 0.00403. The van der Waals surface area contributed by atoms with Crippen LogP contribution in [0.3, 0.4) is 0 Å². The first-order valence-electron chi connectivity index (χ1n) is 10.5. The summed E-state index contributed by atoms with van der Waals surface area (Å²) in [7, 11) is 0. The molecule has 0 saturated heterocycles. The number of benzene rings is 1. The van der Waals surface area contributed by atoms with Crippen LogP contribution in [-0.4, -0.2) is 31.1 Å². The van der Waals surface area contributed by atoms with Gasteiger partial charge in [-0.15, -0.1) is 0 Å². The van der Waals surface area contributed by atoms with Crippen LogP contribution < -0.4 is 10.6 Å². The Morgan fingerprint density at radius 3 is 2.52 bits per heavy atom. The quantitative estimate of drug-likeness (QED) is 0.476. The van der Waals surface area contributed by atoms with Crippen LogP contribution in [0.4, 0.5) is 17.5 Å². The molecule has 2 heterocycles. The average Bonchev–Trinajstić information content (AvgIpc) is 3.47. The van der Waals surface area contributed by atoms with Gasteiger partial charge in [0, 0.05) is 40.1 Å². The van der Waals surface area contributed by atoms with Gasteiger partial charge in [0.1, 0.15) is 5.82 Å². The minimum atomic E-state index is -0.0189. The molecule has 4 rings (SSSR count). The molecule has 0 bridgehead atoms. The Hall–Kier alpha value is -2.94. The molecule has 0 spiro atoms. The SMILES string of the molecule is CCC(=O)Nc1ccc(Sc2nc(Nc3cc(C(C)(C)C)[nH]n3)nc(C3CC3)n2)cc1. The number of carbonyl (C=O) groups excluding carboxylic acids is 1. The van der Waals surface area contributed by atoms with Crippen molar-refractivity contribution in [3.05, 3.63) is 41.9 Å². The van der Waals surface area contributed by atoms with Crippen molar-refractivity contribution in [2.24, 2.45) is 0 Å². The zero-order valence-corrected chi connectivity index (χ0v) is 19.0. The molecule has 1 amide bonds. The number of hydrogen-bond donors (Lipinski definition) is 3. The Kier molecular flexibility index (Phi) is 5.95. The molecular weight excluding hydrogens is 410 g/mol. The van der Waals surface area contributed by atoms with E-state index >= 15 is 0 Å². The predicted octanol–water partition coefficient (Wildman–Crippen LogP) is 5.01. The molecule has 31 heavy (non-hydrogen) atoms. The Labute approximate surface area is 186 Å². The van der Waals surface area contributed by atoms with Gasteiger partial charge in [-0.25, -0.2) is 4.98 Å². The van der Waals surface area contributed by atoms with Crippen LogP contribution in [0, 0.1) is 0 Å². The number of rotatable bonds is 7. The lowest BCUT2D eigenvalue weighted by molar-refractivity contribution is -0.115. The van der Waals surface area contributed by atoms with Gasteiger partial charge in [-0.3, -0.25) is 9.89 Å². The third-order valence-electron chi connectivity index (χ3n) is 4.87. The van der Waals surface area contributed by atoms with Crippen LogP contribution in [-0.2, 0) is 10.2 Å². The molecule has 1 saturated carbocycles. The molecule has 1 aliphatic carbocycles. The average molecular weight is 438 g/mol. The summed E-state index contributed by atoms with van der Waals surface area (Å²) in [4.78, 5) is 26.4. The Morgan fingerprint density at radius 2 is 1.90 bits per heavy atom. The lowest BCUT2D eigenvalue weighted by Crippen LogP contribution is -2.11. The number of carbonyl (C=O) groups is 1. The summed E-state index contributed by atoms with van der Waals surface area (Å²) < 4.78 is 0. The highest BCUT2D eigenvalue weighted by Gasteiger charge is 2.28. The van der Waals surface area contributed by atoms with Crippen LogP contribution in [0.15, 0.2) is 40.4 Å². The van der Waals surface area contributed by atoms with E-state index in [1.54, 1.807) is 0 Å². The van der Waals surface area contributed by atoms with Crippen molar-refractivity contribution >= 4 is 35.1 Å². The number of nitrogens with one attached hydrogen (secondary N) is 3. The highest BCUT2D eigenvalue weighted by Crippen LogP contribution is 2.39. The molecular formula is C22H27N7OS. The van der Waals surface area contributed by atoms with Crippen molar-refractivity contribution in [3.8, 4) is 0 Å². The van der Waals surface area contributed by atoms with E-state index in [0.29, 0.717) is 29.3 Å². The van der Waals surface area contributed by atoms with Crippen LogP contribution in [0.25, 0.3) is 0 Å². The molecule has 0 radical (unpaired) electrons. The third kappa shape index (κ3) is 5.61. The van der Waals surface area contributed by atoms with Gasteiger partial charge in [0.2, 0.25) is 11.9 Å². The molecule has 0 atom stereocenters. The highest BCUT2D eigenvalue weighted by atomic mass is 32.2. The lowest BCUT2D eigenvalue weighted by atomic mass is 9.92. The normalized spacial score (nSPS) is 13.8. The molecule has 0 unspecified atom stereocenters. The number of hydrogen-bond acceptors (Lipinski definition) is 7. The summed E-state index contributed by atoms with van der Waals surface area (Å²) in [6, 6.07) is 9.65. The number of nitrogens with zero attached hydrogens (tertiary/aromatic N) is 4. The van der Waals surface area contributed by atoms with E-state index in [9.17, 15) is 4.79 Å². The molecule has 1 fully saturated rings. The molecule has 162 valence electrons. The summed E-state index contributed by atoms with van der Waals surface area (Å²) in [6.07, 6.45) is 2.67. The second-order valence-corrected chi connectivity index (χ2v) is 9.68. The van der Waals surface area contributed by atoms with Crippen molar-refractivity contribution in [1.82, 2.24) is 25.1 Å². The van der Waals surface area contributed by atoms with Crippen LogP contribution in [0.5, 0.6) is 0 Å². The summed E-state index contributed by atoms with van der Waals surface area (Å²) in [6.45, 7) is 8.22. The van der Waals surface area contributed by atoms with Gasteiger partial charge in [-0.05, 0) is 48.9 Å². The first kappa shape index (κ1) is 21.3. The molecule has 0 aliphatic heterocycles. The van der Waals surface area contributed by atoms with Gasteiger partial charge in [0.05, 0.1) is 0 Å². The van der Waals surface area contributed by atoms with Gasteiger partial charge in [-0.1, -0.05) is 27.7 Å². The van der Waals surface area contributed by atoms with Crippen molar-refractivity contribution < 1.29 is 4.79 Å². The maximum absolute atomic E-state index is 11.6. The zero-order chi connectivity index (χ0) is 22.0. The third-order valence-corrected chi connectivity index (χ3v) is 5.74. The highest BCUT2D eigenvalue weighted by molar-refractivity contribution is 7.99. The Balaban J connectivity index is 1.52. The molecule has 2 aromatic heterocycles. The van der Waals surface area contributed by atoms with Gasteiger partial charge >= 0.3 is 0 Å². The summed E-state index contributed by atoms with van der Waals surface area (Å²) >= 11 is 1.47. The summed E-state index contributed by atoms with van der Waals surface area (Å²) in [5.41, 5.74) is 1.80. The second-order valence-electron chi connectivity index (χ2n) is 8.64. The van der Waals surface area contributed by atoms with Gasteiger partial charge in [-0.2, -0.15) is 15.1 Å². The van der Waals surface area contributed by atoms with E-state index in [4.69, 9.17) is 0 Å². The van der Waals surface area contributed by atoms with E-state index in [0.717, 1.165) is 34.9 Å². The monoisotopic (exact) mass is 437 g/mol. The predicted molar refractivity (Wildman–Crippen MR) is 122 cm³/mol. The topological polar surface area (TPSA) is 108 Å². The minimum Gasteiger partial charge on any atom is -0.326 e. The first-order chi connectivity index (χ1) is 14.8. The number of amides is 1. The molecule has 1 aromatic carbocycles. The van der Waals surface area contributed by atoms with Gasteiger partial charge in [0.15, 0.2) is 11.0 Å². The number of H-pyrrole nitrogens is 1. The smallest absolute Gasteiger partial charge is 0.232 e. The standard InChI is InChI=1S/C22H27N7OS/c1-5-18(30)23-14-8-10-15(11-9-14)31-21-26-19(13-6-7-13)25-20(27-21)24-17-12-16(28-29-17)22(2,3)4/h8-13H,5-7H2,1-4H3,(H,23,30)(H2,24,25,26,27,28,29). The van der Waals surface area contributed by atoms with E-state index < -0.39 is 0 Å². The van der Waals surface area contributed by atoms with Crippen molar-refractivity contribution in [2.75, 3.05) is 10.6 Å². The first-order valence-corrected chi connectivity index (χ1v) is 11.3. The second kappa shape index (κ2) is 8.66. The number of aromatic amines is 1. The largest absolute Gasteiger partial charge is 0.326 e. The molecule has 3 N–H and O–H groups in total. The summed E-state index contributed by atoms with van der Waals surface area (Å²) in [5, 5.41) is 14.1. The van der Waals surface area contributed by atoms with Crippen LogP contribution >= 0.6 is 11.8 Å². The fourth-order valence-corrected chi connectivity index (χ4v) is 3.60. The Morgan fingerprint density at radius 1 is 1.16 bits per heavy atom. The fourth-order valence-electron chi connectivity index (χ4n) is 2.84. The molecule has 9 heteroatoms. The maximum Gasteiger partial charge on any atom is 0.232 e. The number of aromatic nitrogens is 5. The van der Waals surface area contributed by atoms with Gasteiger partial charge in [0.25, 0.3) is 0 Å². The lowest BCUT2D eigenvalue weighted by Gasteiger charge is -2.14. The number of anilines is 3. The zero-order valence-electron chi connectivity index (χ0n) is 18.2. The van der Waals surface area contributed by atoms with Crippen molar-refractivity contribution in [1.29, 1.82) is 0 Å². The van der Waals surface area contributed by atoms with E-state index in [2.05, 4.69) is 56.6 Å².